The number of aliphatic hydroxyl groups is 1. The van der Waals surface area contributed by atoms with Gasteiger partial charge in [0, 0.05) is 5.69 Å². The van der Waals surface area contributed by atoms with Crippen LogP contribution in [0.5, 0.6) is 0 Å². The summed E-state index contributed by atoms with van der Waals surface area (Å²) >= 11 is 0. The van der Waals surface area contributed by atoms with Gasteiger partial charge < -0.3 is 10.1 Å². The van der Waals surface area contributed by atoms with E-state index in [2.05, 4.69) is 38.7 Å². The molecule has 2 heteroatoms. The molecular weight excluding hydrogens is 222 g/mol. The molecule has 1 aromatic heterocycles. The van der Waals surface area contributed by atoms with Crippen LogP contribution in [0.15, 0.2) is 18.2 Å². The Hall–Kier alpha value is -1.54. The third kappa shape index (κ3) is 1.97. The number of hydrogen-bond acceptors (Lipinski definition) is 1. The van der Waals surface area contributed by atoms with Crippen LogP contribution in [0.25, 0.3) is 0 Å². The second-order valence-corrected chi connectivity index (χ2v) is 5.11. The van der Waals surface area contributed by atoms with Gasteiger partial charge in [-0.1, -0.05) is 18.2 Å². The first-order chi connectivity index (χ1) is 8.43. The van der Waals surface area contributed by atoms with E-state index in [-0.39, 0.29) is 0 Å². The van der Waals surface area contributed by atoms with Crippen molar-refractivity contribution in [3.63, 3.8) is 0 Å². The summed E-state index contributed by atoms with van der Waals surface area (Å²) in [6.07, 6.45) is -0.572. The predicted octanol–water partition coefficient (Wildman–Crippen LogP) is 3.64. The Labute approximate surface area is 109 Å². The predicted molar refractivity (Wildman–Crippen MR) is 75.0 cm³/mol. The lowest BCUT2D eigenvalue weighted by Gasteiger charge is -2.15. The molecular formula is C16H21NO. The second kappa shape index (κ2) is 4.62. The van der Waals surface area contributed by atoms with Gasteiger partial charge in [-0.15, -0.1) is 0 Å². The van der Waals surface area contributed by atoms with E-state index >= 15 is 0 Å². The fraction of sp³-hybridized carbons (Fsp3) is 0.375. The fourth-order valence-corrected chi connectivity index (χ4v) is 2.37. The van der Waals surface area contributed by atoms with Crippen LogP contribution in [0.1, 0.15) is 45.3 Å². The van der Waals surface area contributed by atoms with Gasteiger partial charge in [-0.25, -0.2) is 0 Å². The zero-order valence-corrected chi connectivity index (χ0v) is 11.8. The van der Waals surface area contributed by atoms with E-state index in [4.69, 9.17) is 0 Å². The highest BCUT2D eigenvalue weighted by Gasteiger charge is 2.19. The van der Waals surface area contributed by atoms with Crippen LogP contribution in [0, 0.1) is 34.6 Å². The molecule has 1 heterocycles. The van der Waals surface area contributed by atoms with Crippen molar-refractivity contribution in [3.8, 4) is 0 Å². The van der Waals surface area contributed by atoms with Crippen LogP contribution in [-0.4, -0.2) is 10.1 Å². The average molecular weight is 243 g/mol. The molecule has 1 aromatic carbocycles. The molecule has 2 N–H and O–H groups in total. The van der Waals surface area contributed by atoms with Gasteiger partial charge in [0.15, 0.2) is 0 Å². The summed E-state index contributed by atoms with van der Waals surface area (Å²) in [4.78, 5) is 3.31. The molecule has 96 valence electrons. The summed E-state index contributed by atoms with van der Waals surface area (Å²) < 4.78 is 0. The Bertz CT molecular complexity index is 581. The van der Waals surface area contributed by atoms with Crippen molar-refractivity contribution >= 4 is 0 Å². The first-order valence-corrected chi connectivity index (χ1v) is 6.33. The molecule has 0 aliphatic rings. The first kappa shape index (κ1) is 12.9. The van der Waals surface area contributed by atoms with E-state index in [1.54, 1.807) is 0 Å². The minimum Gasteiger partial charge on any atom is -0.382 e. The monoisotopic (exact) mass is 243 g/mol. The number of aliphatic hydroxyl groups excluding tert-OH is 1. The lowest BCUT2D eigenvalue weighted by Crippen LogP contribution is -2.05. The van der Waals surface area contributed by atoms with E-state index in [9.17, 15) is 5.11 Å². The minimum absolute atomic E-state index is 0.572. The number of rotatable bonds is 2. The molecule has 0 aliphatic heterocycles. The lowest BCUT2D eigenvalue weighted by molar-refractivity contribution is 0.214. The van der Waals surface area contributed by atoms with Gasteiger partial charge in [0.1, 0.15) is 6.10 Å². The topological polar surface area (TPSA) is 36.0 Å². The molecule has 0 aliphatic carbocycles. The van der Waals surface area contributed by atoms with Gasteiger partial charge in [0.05, 0.1) is 5.69 Å². The fourth-order valence-electron chi connectivity index (χ4n) is 2.37. The molecule has 0 bridgehead atoms. The molecule has 0 fully saturated rings. The normalized spacial score (nSPS) is 12.8. The molecule has 2 rings (SSSR count). The maximum atomic E-state index is 10.6. The summed E-state index contributed by atoms with van der Waals surface area (Å²) in [6, 6.07) is 6.07. The number of H-pyrrole nitrogens is 1. The zero-order valence-electron chi connectivity index (χ0n) is 11.8. The maximum absolute atomic E-state index is 10.6. The number of hydrogen-bond donors (Lipinski definition) is 2. The average Bonchev–Trinajstić information content (AvgIpc) is 2.60. The van der Waals surface area contributed by atoms with Crippen molar-refractivity contribution in [1.29, 1.82) is 0 Å². The standard InChI is InChI=1S/C16H21NO/c1-9-7-6-8-14(10(9)2)16(18)15-12(4)11(3)13(5)17-15/h6-8,16-18H,1-5H3. The second-order valence-electron chi connectivity index (χ2n) is 5.11. The molecule has 1 unspecified atom stereocenters. The van der Waals surface area contributed by atoms with Gasteiger partial charge in [0.2, 0.25) is 0 Å². The highest BCUT2D eigenvalue weighted by molar-refractivity contribution is 5.43. The third-order valence-electron chi connectivity index (χ3n) is 4.07. The molecule has 0 saturated heterocycles. The zero-order chi connectivity index (χ0) is 13.4. The molecule has 1 atom stereocenters. The molecule has 0 saturated carbocycles. The Morgan fingerprint density at radius 3 is 2.17 bits per heavy atom. The number of benzene rings is 1. The summed E-state index contributed by atoms with van der Waals surface area (Å²) in [7, 11) is 0. The third-order valence-corrected chi connectivity index (χ3v) is 4.07. The molecule has 2 nitrogen and oxygen atoms in total. The SMILES string of the molecule is Cc1cccc(C(O)c2[nH]c(C)c(C)c2C)c1C. The Morgan fingerprint density at radius 2 is 1.61 bits per heavy atom. The van der Waals surface area contributed by atoms with Crippen LogP contribution >= 0.6 is 0 Å². The minimum atomic E-state index is -0.572. The van der Waals surface area contributed by atoms with Gasteiger partial charge in [-0.05, 0) is 62.4 Å². The Balaban J connectivity index is 2.51. The molecule has 2 aromatic rings. The molecule has 18 heavy (non-hydrogen) atoms. The van der Waals surface area contributed by atoms with Gasteiger partial charge in [0.25, 0.3) is 0 Å². The maximum Gasteiger partial charge on any atom is 0.119 e. The van der Waals surface area contributed by atoms with E-state index in [0.717, 1.165) is 28.1 Å². The van der Waals surface area contributed by atoms with Crippen LogP contribution in [0.3, 0.4) is 0 Å². The van der Waals surface area contributed by atoms with Gasteiger partial charge >= 0.3 is 0 Å². The number of aromatic nitrogens is 1. The summed E-state index contributed by atoms with van der Waals surface area (Å²) in [5.74, 6) is 0. The van der Waals surface area contributed by atoms with Crippen molar-refractivity contribution in [3.05, 3.63) is 57.4 Å². The number of nitrogens with one attached hydrogen (secondary N) is 1. The van der Waals surface area contributed by atoms with Crippen molar-refractivity contribution in [2.24, 2.45) is 0 Å². The smallest absolute Gasteiger partial charge is 0.119 e. The molecule has 0 radical (unpaired) electrons. The molecule has 0 spiro atoms. The first-order valence-electron chi connectivity index (χ1n) is 6.33. The highest BCUT2D eigenvalue weighted by atomic mass is 16.3. The number of aromatic amines is 1. The van der Waals surface area contributed by atoms with E-state index in [1.807, 2.05) is 19.1 Å². The lowest BCUT2D eigenvalue weighted by atomic mass is 9.96. The van der Waals surface area contributed by atoms with Crippen molar-refractivity contribution in [2.75, 3.05) is 0 Å². The number of aryl methyl sites for hydroxylation is 2. The van der Waals surface area contributed by atoms with E-state index < -0.39 is 6.10 Å². The van der Waals surface area contributed by atoms with Crippen molar-refractivity contribution in [1.82, 2.24) is 4.98 Å². The van der Waals surface area contributed by atoms with E-state index in [1.165, 1.54) is 11.1 Å². The molecule has 0 amide bonds. The van der Waals surface area contributed by atoms with E-state index in [0.29, 0.717) is 0 Å². The van der Waals surface area contributed by atoms with Crippen LogP contribution in [-0.2, 0) is 0 Å². The van der Waals surface area contributed by atoms with Gasteiger partial charge in [-0.3, -0.25) is 0 Å². The van der Waals surface area contributed by atoms with Crippen LogP contribution in [0.4, 0.5) is 0 Å². The van der Waals surface area contributed by atoms with Crippen molar-refractivity contribution < 1.29 is 5.11 Å². The summed E-state index contributed by atoms with van der Waals surface area (Å²) in [5.41, 5.74) is 7.79. The highest BCUT2D eigenvalue weighted by Crippen LogP contribution is 2.30. The van der Waals surface area contributed by atoms with Gasteiger partial charge in [-0.2, -0.15) is 0 Å². The Kier molecular flexibility index (Phi) is 3.31. The summed E-state index contributed by atoms with van der Waals surface area (Å²) in [5, 5.41) is 10.6. The summed E-state index contributed by atoms with van der Waals surface area (Å²) in [6.45, 7) is 10.3. The van der Waals surface area contributed by atoms with Crippen LogP contribution in [0.2, 0.25) is 0 Å². The largest absolute Gasteiger partial charge is 0.382 e. The quantitative estimate of drug-likeness (QED) is 0.830. The van der Waals surface area contributed by atoms with Crippen molar-refractivity contribution in [2.45, 2.75) is 40.7 Å². The van der Waals surface area contributed by atoms with Crippen LogP contribution < -0.4 is 0 Å². The Morgan fingerprint density at radius 1 is 0.944 bits per heavy atom.